The van der Waals surface area contributed by atoms with Crippen molar-refractivity contribution in [3.05, 3.63) is 33.4 Å². The number of rotatable bonds is 4. The predicted molar refractivity (Wildman–Crippen MR) is 77.9 cm³/mol. The van der Waals surface area contributed by atoms with E-state index in [4.69, 9.17) is 0 Å². The van der Waals surface area contributed by atoms with Crippen LogP contribution < -0.4 is 0 Å². The lowest BCUT2D eigenvalue weighted by Gasteiger charge is -2.23. The fourth-order valence-electron chi connectivity index (χ4n) is 2.49. The largest absolute Gasteiger partial charge is 0.300 e. The molecule has 0 spiro atoms. The van der Waals surface area contributed by atoms with Crippen molar-refractivity contribution in [2.45, 2.75) is 38.8 Å². The molecule has 0 saturated carbocycles. The SMILES string of the molecule is CC(=O)CC1CCCN1Cc1ccc(I)cc1. The molecule has 3 heteroatoms. The molecular weight excluding hydrogens is 325 g/mol. The van der Waals surface area contributed by atoms with Crippen molar-refractivity contribution in [1.82, 2.24) is 4.90 Å². The van der Waals surface area contributed by atoms with E-state index in [2.05, 4.69) is 51.8 Å². The summed E-state index contributed by atoms with van der Waals surface area (Å²) in [7, 11) is 0. The molecule has 1 unspecified atom stereocenters. The minimum atomic E-state index is 0.310. The number of hydrogen-bond donors (Lipinski definition) is 0. The van der Waals surface area contributed by atoms with Gasteiger partial charge in [-0.2, -0.15) is 0 Å². The molecule has 1 aromatic rings. The van der Waals surface area contributed by atoms with Gasteiger partial charge in [0.25, 0.3) is 0 Å². The van der Waals surface area contributed by atoms with Gasteiger partial charge in [0.15, 0.2) is 0 Å². The first-order valence-electron chi connectivity index (χ1n) is 6.13. The Morgan fingerprint density at radius 3 is 2.76 bits per heavy atom. The Balaban J connectivity index is 1.97. The maximum Gasteiger partial charge on any atom is 0.131 e. The number of likely N-dealkylation sites (tertiary alicyclic amines) is 1. The molecule has 0 aromatic heterocycles. The van der Waals surface area contributed by atoms with Gasteiger partial charge in [0, 0.05) is 22.6 Å². The van der Waals surface area contributed by atoms with Crippen LogP contribution in [0.1, 0.15) is 31.7 Å². The maximum absolute atomic E-state index is 11.2. The lowest BCUT2D eigenvalue weighted by Crippen LogP contribution is -2.30. The van der Waals surface area contributed by atoms with E-state index in [0.29, 0.717) is 18.2 Å². The maximum atomic E-state index is 11.2. The van der Waals surface area contributed by atoms with Crippen LogP contribution in [0.3, 0.4) is 0 Å². The van der Waals surface area contributed by atoms with Crippen molar-refractivity contribution in [3.63, 3.8) is 0 Å². The number of halogens is 1. The summed E-state index contributed by atoms with van der Waals surface area (Å²) >= 11 is 2.32. The summed E-state index contributed by atoms with van der Waals surface area (Å²) in [5, 5.41) is 0. The molecule has 1 aromatic carbocycles. The number of Topliss-reactive ketones (excluding diaryl/α,β-unsaturated/α-hetero) is 1. The molecule has 92 valence electrons. The molecule has 2 nitrogen and oxygen atoms in total. The lowest BCUT2D eigenvalue weighted by molar-refractivity contribution is -0.118. The average molecular weight is 343 g/mol. The van der Waals surface area contributed by atoms with E-state index in [-0.39, 0.29) is 0 Å². The second-order valence-corrected chi connectivity index (χ2v) is 6.04. The smallest absolute Gasteiger partial charge is 0.131 e. The van der Waals surface area contributed by atoms with Crippen molar-refractivity contribution in [1.29, 1.82) is 0 Å². The number of benzene rings is 1. The van der Waals surface area contributed by atoms with E-state index >= 15 is 0 Å². The van der Waals surface area contributed by atoms with Crippen molar-refractivity contribution < 1.29 is 4.79 Å². The quantitative estimate of drug-likeness (QED) is 0.783. The van der Waals surface area contributed by atoms with E-state index in [1.54, 1.807) is 6.92 Å². The Bertz CT molecular complexity index is 388. The summed E-state index contributed by atoms with van der Waals surface area (Å²) in [4.78, 5) is 13.7. The zero-order valence-corrected chi connectivity index (χ0v) is 12.3. The van der Waals surface area contributed by atoms with E-state index in [0.717, 1.165) is 13.1 Å². The molecule has 0 aliphatic carbocycles. The third kappa shape index (κ3) is 3.78. The van der Waals surface area contributed by atoms with Crippen molar-refractivity contribution >= 4 is 28.4 Å². The number of ketones is 1. The molecule has 1 fully saturated rings. The zero-order valence-electron chi connectivity index (χ0n) is 10.2. The topological polar surface area (TPSA) is 20.3 Å². The van der Waals surface area contributed by atoms with Gasteiger partial charge in [-0.1, -0.05) is 12.1 Å². The van der Waals surface area contributed by atoms with Gasteiger partial charge in [-0.05, 0) is 66.6 Å². The number of hydrogen-bond acceptors (Lipinski definition) is 2. The first-order valence-corrected chi connectivity index (χ1v) is 7.21. The Hall–Kier alpha value is -0.420. The van der Waals surface area contributed by atoms with Crippen molar-refractivity contribution in [2.24, 2.45) is 0 Å². The summed E-state index contributed by atoms with van der Waals surface area (Å²) in [5.74, 6) is 0.310. The van der Waals surface area contributed by atoms with Gasteiger partial charge < -0.3 is 0 Å². The summed E-state index contributed by atoms with van der Waals surface area (Å²) in [6.07, 6.45) is 3.11. The highest BCUT2D eigenvalue weighted by atomic mass is 127. The van der Waals surface area contributed by atoms with Crippen LogP contribution in [-0.2, 0) is 11.3 Å². The summed E-state index contributed by atoms with van der Waals surface area (Å²) in [6, 6.07) is 9.13. The molecule has 1 heterocycles. The standard InChI is InChI=1S/C14H18INO/c1-11(17)9-14-3-2-8-16(14)10-12-4-6-13(15)7-5-12/h4-7,14H,2-3,8-10H2,1H3. The Morgan fingerprint density at radius 1 is 1.41 bits per heavy atom. The summed E-state index contributed by atoms with van der Waals surface area (Å²) < 4.78 is 1.27. The summed E-state index contributed by atoms with van der Waals surface area (Å²) in [6.45, 7) is 3.81. The third-order valence-electron chi connectivity index (χ3n) is 3.32. The highest BCUT2D eigenvalue weighted by Gasteiger charge is 2.25. The highest BCUT2D eigenvalue weighted by molar-refractivity contribution is 14.1. The monoisotopic (exact) mass is 343 g/mol. The van der Waals surface area contributed by atoms with Gasteiger partial charge in [-0.15, -0.1) is 0 Å². The van der Waals surface area contributed by atoms with Crippen LogP contribution >= 0.6 is 22.6 Å². The molecule has 0 amide bonds. The van der Waals surface area contributed by atoms with Crippen LogP contribution in [0, 0.1) is 3.57 Å². The van der Waals surface area contributed by atoms with E-state index in [1.807, 2.05) is 0 Å². The fraction of sp³-hybridized carbons (Fsp3) is 0.500. The van der Waals surface area contributed by atoms with Gasteiger partial charge >= 0.3 is 0 Å². The molecule has 1 aliphatic rings. The first-order chi connectivity index (χ1) is 8.15. The van der Waals surface area contributed by atoms with E-state index in [1.165, 1.54) is 22.0 Å². The van der Waals surface area contributed by atoms with Crippen LogP contribution in [0.4, 0.5) is 0 Å². The highest BCUT2D eigenvalue weighted by Crippen LogP contribution is 2.22. The molecule has 17 heavy (non-hydrogen) atoms. The van der Waals surface area contributed by atoms with Gasteiger partial charge in [0.1, 0.15) is 5.78 Å². The second-order valence-electron chi connectivity index (χ2n) is 4.80. The third-order valence-corrected chi connectivity index (χ3v) is 4.04. The Labute approximate surface area is 117 Å². The van der Waals surface area contributed by atoms with Crippen LogP contribution in [0.5, 0.6) is 0 Å². The molecule has 1 aliphatic heterocycles. The van der Waals surface area contributed by atoms with Crippen molar-refractivity contribution in [3.8, 4) is 0 Å². The second kappa shape index (κ2) is 5.96. The molecular formula is C14H18INO. The zero-order chi connectivity index (χ0) is 12.3. The van der Waals surface area contributed by atoms with Gasteiger partial charge in [-0.3, -0.25) is 9.69 Å². The number of carbonyl (C=O) groups is 1. The lowest BCUT2D eigenvalue weighted by atomic mass is 10.1. The number of carbonyl (C=O) groups excluding carboxylic acids is 1. The van der Waals surface area contributed by atoms with Crippen LogP contribution in [0.15, 0.2) is 24.3 Å². The average Bonchev–Trinajstić information content (AvgIpc) is 2.68. The molecule has 0 bridgehead atoms. The molecule has 0 N–H and O–H groups in total. The first kappa shape index (κ1) is 13.0. The Morgan fingerprint density at radius 2 is 2.12 bits per heavy atom. The van der Waals surface area contributed by atoms with Gasteiger partial charge in [-0.25, -0.2) is 0 Å². The van der Waals surface area contributed by atoms with Crippen LogP contribution in [0.25, 0.3) is 0 Å². The molecule has 2 rings (SSSR count). The minimum Gasteiger partial charge on any atom is -0.300 e. The molecule has 0 radical (unpaired) electrons. The number of nitrogens with zero attached hydrogens (tertiary/aromatic N) is 1. The Kier molecular flexibility index (Phi) is 4.56. The fourth-order valence-corrected chi connectivity index (χ4v) is 2.85. The van der Waals surface area contributed by atoms with Crippen LogP contribution in [0.2, 0.25) is 0 Å². The molecule has 1 atom stereocenters. The van der Waals surface area contributed by atoms with E-state index in [9.17, 15) is 4.79 Å². The summed E-state index contributed by atoms with van der Waals surface area (Å²) in [5.41, 5.74) is 1.35. The predicted octanol–water partition coefficient (Wildman–Crippen LogP) is 3.23. The van der Waals surface area contributed by atoms with Gasteiger partial charge in [0.2, 0.25) is 0 Å². The van der Waals surface area contributed by atoms with Gasteiger partial charge in [0.05, 0.1) is 0 Å². The normalized spacial score (nSPS) is 20.7. The minimum absolute atomic E-state index is 0.310. The van der Waals surface area contributed by atoms with Crippen molar-refractivity contribution in [2.75, 3.05) is 6.54 Å². The van der Waals surface area contributed by atoms with Crippen LogP contribution in [-0.4, -0.2) is 23.3 Å². The molecule has 1 saturated heterocycles. The van der Waals surface area contributed by atoms with E-state index < -0.39 is 0 Å².